The molecule has 1 unspecified atom stereocenters. The van der Waals surface area contributed by atoms with E-state index >= 15 is 0 Å². The second kappa shape index (κ2) is 4.33. The van der Waals surface area contributed by atoms with Crippen LogP contribution >= 0.6 is 23.1 Å². The van der Waals surface area contributed by atoms with E-state index in [2.05, 4.69) is 11.9 Å². The van der Waals surface area contributed by atoms with Gasteiger partial charge in [0.05, 0.1) is 15.5 Å². The third kappa shape index (κ3) is 2.38. The Morgan fingerprint density at radius 3 is 2.93 bits per heavy atom. The number of aromatic nitrogens is 1. The van der Waals surface area contributed by atoms with Gasteiger partial charge in [0.2, 0.25) is 0 Å². The molecule has 1 aromatic carbocycles. The maximum atomic E-state index is 10.9. The van der Waals surface area contributed by atoms with Gasteiger partial charge in [0.15, 0.2) is 5.12 Å². The van der Waals surface area contributed by atoms with E-state index in [1.54, 1.807) is 18.3 Å². The maximum absolute atomic E-state index is 10.9. The quantitative estimate of drug-likeness (QED) is 0.800. The van der Waals surface area contributed by atoms with Crippen LogP contribution < -0.4 is 0 Å². The Kier molecular flexibility index (Phi) is 3.07. The largest absolute Gasteiger partial charge is 0.288 e. The first-order valence-corrected chi connectivity index (χ1v) is 6.22. The van der Waals surface area contributed by atoms with Crippen LogP contribution in [-0.2, 0) is 4.79 Å². The lowest BCUT2D eigenvalue weighted by atomic mass is 10.3. The highest BCUT2D eigenvalue weighted by Gasteiger charge is 2.13. The smallest absolute Gasteiger partial charge is 0.186 e. The van der Waals surface area contributed by atoms with Crippen molar-refractivity contribution in [3.8, 4) is 0 Å². The summed E-state index contributed by atoms with van der Waals surface area (Å²) < 4.78 is 1.14. The van der Waals surface area contributed by atoms with Crippen molar-refractivity contribution in [1.82, 2.24) is 4.98 Å². The number of benzene rings is 1. The van der Waals surface area contributed by atoms with Crippen LogP contribution in [0.15, 0.2) is 24.3 Å². The molecule has 0 aliphatic carbocycles. The van der Waals surface area contributed by atoms with Gasteiger partial charge < -0.3 is 0 Å². The molecule has 0 N–H and O–H groups in total. The Labute approximate surface area is 96.7 Å². The minimum atomic E-state index is -0.0973. The van der Waals surface area contributed by atoms with E-state index in [9.17, 15) is 4.79 Å². The predicted octanol–water partition coefficient (Wildman–Crippen LogP) is 3.45. The van der Waals surface area contributed by atoms with Crippen LogP contribution in [0.5, 0.6) is 0 Å². The number of para-hydroxylation sites is 1. The van der Waals surface area contributed by atoms with Gasteiger partial charge in [-0.1, -0.05) is 23.9 Å². The fraction of sp³-hybridized carbons (Fsp3) is 0.182. The van der Waals surface area contributed by atoms with Crippen LogP contribution in [0.4, 0.5) is 0 Å². The Morgan fingerprint density at radius 2 is 2.27 bits per heavy atom. The minimum absolute atomic E-state index is 0.0780. The molecule has 4 heteroatoms. The first kappa shape index (κ1) is 10.6. The van der Waals surface area contributed by atoms with Gasteiger partial charge in [0.1, 0.15) is 5.01 Å². The lowest BCUT2D eigenvalue weighted by Gasteiger charge is -2.02. The molecular weight excluding hydrogens is 226 g/mol. The molecule has 1 atom stereocenters. The molecular formula is C11H10NOS2. The summed E-state index contributed by atoms with van der Waals surface area (Å²) >= 11 is 2.82. The van der Waals surface area contributed by atoms with Crippen molar-refractivity contribution in [3.63, 3.8) is 0 Å². The third-order valence-electron chi connectivity index (χ3n) is 1.89. The van der Waals surface area contributed by atoms with Gasteiger partial charge in [-0.2, -0.15) is 0 Å². The standard InChI is InChI=1S/C11H10NOS2/c1-7(14-8(2)13)11-12-9-5-3-4-6-10(9)15-11/h3-7H,1H2,2H3. The molecule has 0 saturated heterocycles. The molecule has 1 aromatic heterocycles. The fourth-order valence-electron chi connectivity index (χ4n) is 1.28. The van der Waals surface area contributed by atoms with Crippen LogP contribution in [0, 0.1) is 6.92 Å². The number of carbonyl (C=O) groups excluding carboxylic acids is 1. The molecule has 15 heavy (non-hydrogen) atoms. The summed E-state index contributed by atoms with van der Waals surface area (Å²) in [5.74, 6) is 0. The zero-order valence-electron chi connectivity index (χ0n) is 8.27. The topological polar surface area (TPSA) is 30.0 Å². The molecule has 0 aliphatic rings. The van der Waals surface area contributed by atoms with Crippen LogP contribution in [0.3, 0.4) is 0 Å². The van der Waals surface area contributed by atoms with Gasteiger partial charge >= 0.3 is 0 Å². The molecule has 0 bridgehead atoms. The summed E-state index contributed by atoms with van der Waals surface area (Å²) in [4.78, 5) is 15.4. The molecule has 0 fully saturated rings. The maximum Gasteiger partial charge on any atom is 0.186 e. The zero-order valence-corrected chi connectivity index (χ0v) is 9.90. The van der Waals surface area contributed by atoms with E-state index in [0.29, 0.717) is 0 Å². The summed E-state index contributed by atoms with van der Waals surface area (Å²) in [6.07, 6.45) is 0. The van der Waals surface area contributed by atoms with E-state index in [-0.39, 0.29) is 10.4 Å². The lowest BCUT2D eigenvalue weighted by Crippen LogP contribution is -1.91. The predicted molar refractivity (Wildman–Crippen MR) is 66.0 cm³/mol. The SMILES string of the molecule is [CH2]C(SC(C)=O)c1nc2ccccc2s1. The molecule has 1 radical (unpaired) electrons. The number of fused-ring (bicyclic) bond motifs is 1. The van der Waals surface area contributed by atoms with Crippen LogP contribution in [0.25, 0.3) is 10.2 Å². The molecule has 2 nitrogen and oxygen atoms in total. The number of thioether (sulfide) groups is 1. The average Bonchev–Trinajstić information content (AvgIpc) is 2.59. The molecule has 1 heterocycles. The first-order chi connectivity index (χ1) is 7.16. The van der Waals surface area contributed by atoms with Gasteiger partial charge in [0.25, 0.3) is 0 Å². The second-order valence-electron chi connectivity index (χ2n) is 3.12. The fourth-order valence-corrected chi connectivity index (χ4v) is 2.99. The van der Waals surface area contributed by atoms with Crippen LogP contribution in [0.1, 0.15) is 17.2 Å². The van der Waals surface area contributed by atoms with Gasteiger partial charge in [-0.3, -0.25) is 4.79 Å². The molecule has 2 rings (SSSR count). The lowest BCUT2D eigenvalue weighted by molar-refractivity contribution is -0.109. The average molecular weight is 236 g/mol. The summed E-state index contributed by atoms with van der Waals surface area (Å²) in [6, 6.07) is 7.95. The number of nitrogens with zero attached hydrogens (tertiary/aromatic N) is 1. The van der Waals surface area contributed by atoms with E-state index in [1.165, 1.54) is 11.8 Å². The number of hydrogen-bond acceptors (Lipinski definition) is 4. The van der Waals surface area contributed by atoms with Crippen molar-refractivity contribution in [1.29, 1.82) is 0 Å². The minimum Gasteiger partial charge on any atom is -0.288 e. The van der Waals surface area contributed by atoms with Crippen molar-refractivity contribution >= 4 is 38.4 Å². The van der Waals surface area contributed by atoms with Gasteiger partial charge in [0, 0.05) is 6.92 Å². The second-order valence-corrected chi connectivity index (χ2v) is 5.56. The van der Waals surface area contributed by atoms with Crippen molar-refractivity contribution in [2.75, 3.05) is 0 Å². The Bertz CT molecular complexity index is 459. The Morgan fingerprint density at radius 1 is 1.53 bits per heavy atom. The Balaban J connectivity index is 2.32. The molecule has 0 spiro atoms. The number of rotatable bonds is 2. The van der Waals surface area contributed by atoms with Gasteiger partial charge in [-0.15, -0.1) is 11.3 Å². The monoisotopic (exact) mass is 236 g/mol. The van der Waals surface area contributed by atoms with E-state index in [0.717, 1.165) is 15.2 Å². The molecule has 77 valence electrons. The molecule has 0 amide bonds. The summed E-state index contributed by atoms with van der Waals surface area (Å²) in [6.45, 7) is 5.49. The number of thiazole rings is 1. The van der Waals surface area contributed by atoms with Crippen molar-refractivity contribution in [3.05, 3.63) is 36.2 Å². The first-order valence-electron chi connectivity index (χ1n) is 4.52. The van der Waals surface area contributed by atoms with Crippen molar-refractivity contribution in [2.24, 2.45) is 0 Å². The molecule has 0 saturated carbocycles. The number of carbonyl (C=O) groups is 1. The van der Waals surface area contributed by atoms with Gasteiger partial charge in [-0.25, -0.2) is 4.98 Å². The highest BCUT2D eigenvalue weighted by atomic mass is 32.2. The van der Waals surface area contributed by atoms with E-state index in [4.69, 9.17) is 0 Å². The summed E-state index contributed by atoms with van der Waals surface area (Å²) in [5.41, 5.74) is 0.982. The van der Waals surface area contributed by atoms with Crippen LogP contribution in [0.2, 0.25) is 0 Å². The van der Waals surface area contributed by atoms with Crippen molar-refractivity contribution < 1.29 is 4.79 Å². The third-order valence-corrected chi connectivity index (χ3v) is 4.03. The highest BCUT2D eigenvalue weighted by Crippen LogP contribution is 2.33. The highest BCUT2D eigenvalue weighted by molar-refractivity contribution is 8.13. The molecule has 0 aliphatic heterocycles. The molecule has 2 aromatic rings. The summed E-state index contributed by atoms with van der Waals surface area (Å²) in [7, 11) is 0. The van der Waals surface area contributed by atoms with E-state index < -0.39 is 0 Å². The van der Waals surface area contributed by atoms with Crippen LogP contribution in [-0.4, -0.2) is 10.1 Å². The van der Waals surface area contributed by atoms with E-state index in [1.807, 2.05) is 24.3 Å². The zero-order chi connectivity index (χ0) is 10.8. The van der Waals surface area contributed by atoms with Gasteiger partial charge in [-0.05, 0) is 19.1 Å². The number of hydrogen-bond donors (Lipinski definition) is 0. The summed E-state index contributed by atoms with van der Waals surface area (Å²) in [5, 5.41) is 0.894. The normalized spacial score (nSPS) is 12.9. The Hall–Kier alpha value is -0.870. The van der Waals surface area contributed by atoms with Crippen molar-refractivity contribution in [2.45, 2.75) is 12.2 Å².